The molecule has 3 amide bonds. The van der Waals surface area contributed by atoms with E-state index in [-0.39, 0.29) is 30.3 Å². The minimum Gasteiger partial charge on any atom is -0.485 e. The third kappa shape index (κ3) is 5.78. The molecule has 2 N–H and O–H groups in total. The summed E-state index contributed by atoms with van der Waals surface area (Å²) in [6.45, 7) is 4.55. The highest BCUT2D eigenvalue weighted by atomic mass is 16.6. The second kappa shape index (κ2) is 11.7. The Balaban J connectivity index is 1.19. The molecule has 0 aliphatic carbocycles. The summed E-state index contributed by atoms with van der Waals surface area (Å²) in [6, 6.07) is 26.2. The molecule has 0 spiro atoms. The van der Waals surface area contributed by atoms with E-state index in [0.29, 0.717) is 42.1 Å². The van der Waals surface area contributed by atoms with E-state index in [2.05, 4.69) is 34.9 Å². The molecule has 1 saturated heterocycles. The summed E-state index contributed by atoms with van der Waals surface area (Å²) < 4.78 is 12.7. The molecule has 0 saturated carbocycles. The van der Waals surface area contributed by atoms with Crippen molar-refractivity contribution in [3.8, 4) is 11.5 Å². The van der Waals surface area contributed by atoms with Crippen LogP contribution in [0.25, 0.3) is 0 Å². The van der Waals surface area contributed by atoms with Gasteiger partial charge in [-0.1, -0.05) is 48.0 Å². The number of ether oxygens (including phenoxy) is 2. The number of benzene rings is 4. The van der Waals surface area contributed by atoms with Crippen molar-refractivity contribution in [1.29, 1.82) is 0 Å². The number of hydrogen-bond acceptors (Lipinski definition) is 6. The molecular formula is C34H32N4O6. The number of nitro groups is 1. The topological polar surface area (TPSA) is 123 Å². The van der Waals surface area contributed by atoms with Crippen LogP contribution in [0.3, 0.4) is 0 Å². The van der Waals surface area contributed by atoms with E-state index in [0.717, 1.165) is 16.7 Å². The molecule has 0 radical (unpaired) electrons. The maximum absolute atomic E-state index is 13.5. The van der Waals surface area contributed by atoms with Crippen molar-refractivity contribution in [3.05, 3.63) is 129 Å². The van der Waals surface area contributed by atoms with Gasteiger partial charge < -0.3 is 20.1 Å². The highest BCUT2D eigenvalue weighted by molar-refractivity contribution is 5.99. The molecule has 10 heteroatoms. The van der Waals surface area contributed by atoms with Gasteiger partial charge in [0.1, 0.15) is 6.61 Å². The molecule has 0 aromatic heterocycles. The first kappa shape index (κ1) is 28.7. The Morgan fingerprint density at radius 3 is 2.55 bits per heavy atom. The van der Waals surface area contributed by atoms with E-state index in [1.165, 1.54) is 17.7 Å². The molecule has 6 rings (SSSR count). The van der Waals surface area contributed by atoms with E-state index < -0.39 is 10.6 Å². The Bertz CT molecular complexity index is 1720. The number of anilines is 1. The Morgan fingerprint density at radius 1 is 1.07 bits per heavy atom. The number of nitro benzene ring substituents is 1. The molecule has 44 heavy (non-hydrogen) atoms. The molecule has 1 fully saturated rings. The largest absolute Gasteiger partial charge is 0.485 e. The molecule has 2 aliphatic rings. The van der Waals surface area contributed by atoms with Gasteiger partial charge in [-0.25, -0.2) is 4.79 Å². The van der Waals surface area contributed by atoms with Gasteiger partial charge in [-0.2, -0.15) is 0 Å². The fraction of sp³-hybridized carbons (Fsp3) is 0.235. The maximum atomic E-state index is 13.5. The van der Waals surface area contributed by atoms with Gasteiger partial charge in [-0.05, 0) is 67.8 Å². The Morgan fingerprint density at radius 2 is 1.80 bits per heavy atom. The number of nitrogens with zero attached hydrogens (tertiary/aromatic N) is 2. The lowest BCUT2D eigenvalue weighted by molar-refractivity contribution is -0.384. The first-order chi connectivity index (χ1) is 21.2. The first-order valence-electron chi connectivity index (χ1n) is 14.4. The summed E-state index contributed by atoms with van der Waals surface area (Å²) in [5.41, 5.74) is 3.81. The Labute approximate surface area is 254 Å². The Kier molecular flexibility index (Phi) is 7.65. The molecule has 2 bridgehead atoms. The van der Waals surface area contributed by atoms with Gasteiger partial charge >= 0.3 is 6.03 Å². The number of hydrogen-bond donors (Lipinski definition) is 2. The van der Waals surface area contributed by atoms with Crippen LogP contribution in [0.2, 0.25) is 0 Å². The highest BCUT2D eigenvalue weighted by Gasteiger charge is 2.50. The van der Waals surface area contributed by atoms with Crippen LogP contribution in [0.15, 0.2) is 91.0 Å². The smallest absolute Gasteiger partial charge is 0.325 e. The minimum atomic E-state index is -1.06. The zero-order chi connectivity index (χ0) is 30.8. The second-order valence-corrected chi connectivity index (χ2v) is 11.2. The van der Waals surface area contributed by atoms with Crippen LogP contribution < -0.4 is 25.0 Å². The molecule has 224 valence electrons. The first-order valence-corrected chi connectivity index (χ1v) is 14.4. The quantitative estimate of drug-likeness (QED) is 0.176. The van der Waals surface area contributed by atoms with Crippen molar-refractivity contribution in [1.82, 2.24) is 10.6 Å². The normalized spacial score (nSPS) is 18.5. The number of para-hydroxylation sites is 1. The number of carbonyl (C=O) groups excluding carboxylic acids is 2. The summed E-state index contributed by atoms with van der Waals surface area (Å²) in [7, 11) is 0. The lowest BCUT2D eigenvalue weighted by Crippen LogP contribution is -2.65. The lowest BCUT2D eigenvalue weighted by Gasteiger charge is -2.50. The minimum absolute atomic E-state index is 0.00885. The lowest BCUT2D eigenvalue weighted by atomic mass is 9.89. The van der Waals surface area contributed by atoms with Crippen molar-refractivity contribution in [2.75, 3.05) is 11.4 Å². The molecular weight excluding hydrogens is 560 g/mol. The van der Waals surface area contributed by atoms with Crippen molar-refractivity contribution in [2.45, 2.75) is 45.1 Å². The number of amides is 3. The number of urea groups is 1. The van der Waals surface area contributed by atoms with Gasteiger partial charge in [0.15, 0.2) is 17.2 Å². The standard InChI is InChI=1S/C34H32N4O6/c1-22-9-11-23(12-10-22)17-18-35-32(39)25-5-3-6-27(19-25)37-33(40)36-29-20-34(37,2)44-31-28(29)7-4-8-30(31)43-21-24-13-15-26(16-14-24)38(41)42/h3-16,19,29H,17-18,20-21H2,1-2H3,(H,35,39)(H,36,40). The highest BCUT2D eigenvalue weighted by Crippen LogP contribution is 2.49. The van der Waals surface area contributed by atoms with Crippen LogP contribution in [0.5, 0.6) is 11.5 Å². The van der Waals surface area contributed by atoms with Crippen molar-refractivity contribution in [2.24, 2.45) is 0 Å². The van der Waals surface area contributed by atoms with Crippen LogP contribution in [0, 0.1) is 17.0 Å². The third-order valence-electron chi connectivity index (χ3n) is 7.99. The van der Waals surface area contributed by atoms with Crippen LogP contribution in [-0.4, -0.2) is 29.1 Å². The van der Waals surface area contributed by atoms with E-state index in [4.69, 9.17) is 9.47 Å². The molecule has 4 aromatic carbocycles. The Hall–Kier alpha value is -5.38. The van der Waals surface area contributed by atoms with E-state index in [1.54, 1.807) is 47.4 Å². The van der Waals surface area contributed by atoms with E-state index in [9.17, 15) is 19.7 Å². The summed E-state index contributed by atoms with van der Waals surface area (Å²) >= 11 is 0. The van der Waals surface area contributed by atoms with Gasteiger partial charge in [-0.15, -0.1) is 0 Å². The van der Waals surface area contributed by atoms with Crippen molar-refractivity contribution in [3.63, 3.8) is 0 Å². The number of non-ortho nitro benzene ring substituents is 1. The molecule has 2 atom stereocenters. The summed E-state index contributed by atoms with van der Waals surface area (Å²) in [5.74, 6) is 0.786. The number of carbonyl (C=O) groups is 2. The van der Waals surface area contributed by atoms with Crippen LogP contribution in [0.4, 0.5) is 16.2 Å². The average Bonchev–Trinajstić information content (AvgIpc) is 3.01. The van der Waals surface area contributed by atoms with E-state index in [1.807, 2.05) is 26.0 Å². The SMILES string of the molecule is Cc1ccc(CCNC(=O)c2cccc(N3C(=O)NC4CC3(C)Oc3c(OCc5ccc([N+](=O)[O-])cc5)cccc34)c2)cc1. The van der Waals surface area contributed by atoms with Gasteiger partial charge in [0.2, 0.25) is 0 Å². The molecule has 2 heterocycles. The van der Waals surface area contributed by atoms with Crippen LogP contribution >= 0.6 is 0 Å². The maximum Gasteiger partial charge on any atom is 0.325 e. The second-order valence-electron chi connectivity index (χ2n) is 11.2. The fourth-order valence-corrected chi connectivity index (χ4v) is 5.70. The molecule has 2 unspecified atom stereocenters. The van der Waals surface area contributed by atoms with E-state index >= 15 is 0 Å². The fourth-order valence-electron chi connectivity index (χ4n) is 5.70. The van der Waals surface area contributed by atoms with Gasteiger partial charge in [0.25, 0.3) is 11.6 Å². The monoisotopic (exact) mass is 592 g/mol. The zero-order valence-corrected chi connectivity index (χ0v) is 24.4. The predicted molar refractivity (Wildman–Crippen MR) is 165 cm³/mol. The van der Waals surface area contributed by atoms with Gasteiger partial charge in [-0.3, -0.25) is 19.8 Å². The third-order valence-corrected chi connectivity index (χ3v) is 7.99. The van der Waals surface area contributed by atoms with Crippen molar-refractivity contribution < 1.29 is 24.0 Å². The van der Waals surface area contributed by atoms with Gasteiger partial charge in [0, 0.05) is 36.2 Å². The summed E-state index contributed by atoms with van der Waals surface area (Å²) in [6.07, 6.45) is 1.19. The van der Waals surface area contributed by atoms with Crippen LogP contribution in [0.1, 0.15) is 52.0 Å². The number of nitrogens with one attached hydrogen (secondary N) is 2. The molecule has 4 aromatic rings. The molecule has 2 aliphatic heterocycles. The van der Waals surface area contributed by atoms with Gasteiger partial charge in [0.05, 0.1) is 16.7 Å². The zero-order valence-electron chi connectivity index (χ0n) is 24.4. The number of rotatable bonds is 9. The average molecular weight is 593 g/mol. The summed E-state index contributed by atoms with van der Waals surface area (Å²) in [4.78, 5) is 38.6. The predicted octanol–water partition coefficient (Wildman–Crippen LogP) is 6.22. The summed E-state index contributed by atoms with van der Waals surface area (Å²) in [5, 5.41) is 17.0. The number of fused-ring (bicyclic) bond motifs is 4. The number of aryl methyl sites for hydroxylation is 1. The van der Waals surface area contributed by atoms with Crippen LogP contribution in [-0.2, 0) is 13.0 Å². The van der Waals surface area contributed by atoms with Crippen molar-refractivity contribution >= 4 is 23.3 Å². The molecule has 10 nitrogen and oxygen atoms in total.